The molecule has 8 heteroatoms. The second kappa shape index (κ2) is 4.69. The highest BCUT2D eigenvalue weighted by atomic mass is 19.1. The van der Waals surface area contributed by atoms with E-state index in [0.717, 1.165) is 0 Å². The first-order valence-electron chi connectivity index (χ1n) is 6.00. The third kappa shape index (κ3) is 1.87. The molecule has 0 aliphatic carbocycles. The van der Waals surface area contributed by atoms with Crippen molar-refractivity contribution in [1.29, 1.82) is 0 Å². The molecule has 2 heterocycles. The summed E-state index contributed by atoms with van der Waals surface area (Å²) in [6, 6.07) is -1.54. The van der Waals surface area contributed by atoms with Gasteiger partial charge >= 0.3 is 5.97 Å². The Kier molecular flexibility index (Phi) is 3.33. The zero-order chi connectivity index (χ0) is 15.2. The Balaban J connectivity index is 2.27. The van der Waals surface area contributed by atoms with Crippen LogP contribution in [-0.2, 0) is 19.2 Å². The van der Waals surface area contributed by atoms with E-state index < -0.39 is 41.7 Å². The van der Waals surface area contributed by atoms with Gasteiger partial charge in [0.15, 0.2) is 6.04 Å². The fraction of sp³-hybridized carbons (Fsp3) is 0.500. The monoisotopic (exact) mass is 284 g/mol. The molecule has 1 N–H and O–H groups in total. The lowest BCUT2D eigenvalue weighted by Crippen LogP contribution is -2.69. The van der Waals surface area contributed by atoms with Gasteiger partial charge in [0.2, 0.25) is 18.1 Å². The van der Waals surface area contributed by atoms with E-state index in [2.05, 4.69) is 0 Å². The molecule has 0 aromatic carbocycles. The molecule has 0 saturated carbocycles. The molecule has 20 heavy (non-hydrogen) atoms. The molecule has 3 amide bonds. The number of carbonyl (C=O) groups excluding carboxylic acids is 3. The zero-order valence-electron chi connectivity index (χ0n) is 10.9. The molecule has 2 saturated heterocycles. The number of likely N-dealkylation sites (tertiary alicyclic amines) is 2. The summed E-state index contributed by atoms with van der Waals surface area (Å²) in [6.07, 6.45) is -2.12. The van der Waals surface area contributed by atoms with Crippen LogP contribution in [0.4, 0.5) is 4.39 Å². The number of alkyl halides is 1. The van der Waals surface area contributed by atoms with Gasteiger partial charge in [-0.1, -0.05) is 0 Å². The van der Waals surface area contributed by atoms with E-state index in [1.807, 2.05) is 0 Å². The van der Waals surface area contributed by atoms with E-state index in [1.54, 1.807) is 0 Å². The van der Waals surface area contributed by atoms with Crippen molar-refractivity contribution in [1.82, 2.24) is 9.80 Å². The Morgan fingerprint density at radius 3 is 2.05 bits per heavy atom. The predicted octanol–water partition coefficient (Wildman–Crippen LogP) is 0.0203. The Hall–Kier alpha value is -2.25. The van der Waals surface area contributed by atoms with E-state index in [1.165, 1.54) is 13.8 Å². The number of carboxylic acids is 1. The number of hydrogen-bond donors (Lipinski definition) is 1. The lowest BCUT2D eigenvalue weighted by molar-refractivity contribution is -0.176. The molecule has 0 radical (unpaired) electrons. The van der Waals surface area contributed by atoms with Crippen molar-refractivity contribution in [2.45, 2.75) is 39.0 Å². The van der Waals surface area contributed by atoms with Gasteiger partial charge in [0.25, 0.3) is 5.91 Å². The summed E-state index contributed by atoms with van der Waals surface area (Å²) in [5, 5.41) is 9.00. The van der Waals surface area contributed by atoms with Crippen molar-refractivity contribution in [3.8, 4) is 0 Å². The molecular weight excluding hydrogens is 271 g/mol. The molecule has 108 valence electrons. The topological polar surface area (TPSA) is 95.0 Å². The Labute approximate surface area is 113 Å². The number of allylic oxidation sites excluding steroid dienone is 1. The van der Waals surface area contributed by atoms with E-state index in [4.69, 9.17) is 5.11 Å². The number of nitrogens with zero attached hydrogens (tertiary/aromatic N) is 2. The predicted molar refractivity (Wildman–Crippen MR) is 62.6 cm³/mol. The molecule has 0 spiro atoms. The lowest BCUT2D eigenvalue weighted by atomic mass is 10.0. The summed E-state index contributed by atoms with van der Waals surface area (Å²) in [5.74, 6) is -3.53. The van der Waals surface area contributed by atoms with Gasteiger partial charge in [0.05, 0.1) is 0 Å². The fourth-order valence-corrected chi connectivity index (χ4v) is 2.37. The average Bonchev–Trinajstić information content (AvgIpc) is 2.67. The van der Waals surface area contributed by atoms with E-state index in [9.17, 15) is 23.6 Å². The van der Waals surface area contributed by atoms with Crippen LogP contribution in [0.3, 0.4) is 0 Å². The van der Waals surface area contributed by atoms with Crippen molar-refractivity contribution < 1.29 is 28.7 Å². The van der Waals surface area contributed by atoms with Gasteiger partial charge in [-0.3, -0.25) is 24.2 Å². The number of amides is 3. The summed E-state index contributed by atoms with van der Waals surface area (Å²) in [7, 11) is 0. The molecule has 2 rings (SSSR count). The Morgan fingerprint density at radius 2 is 1.70 bits per heavy atom. The molecule has 0 aromatic rings. The first kappa shape index (κ1) is 14.2. The highest BCUT2D eigenvalue weighted by Gasteiger charge is 2.58. The minimum atomic E-state index is -2.02. The Bertz CT molecular complexity index is 536. The second-order valence-electron chi connectivity index (χ2n) is 4.84. The van der Waals surface area contributed by atoms with Crippen LogP contribution in [0.5, 0.6) is 0 Å². The van der Waals surface area contributed by atoms with Crippen LogP contribution in [0.1, 0.15) is 26.7 Å². The SMILES string of the molecule is CC(C)=C(C(=O)O)N1C(=O)C(N2C(=O)CCC2=O)C1F. The van der Waals surface area contributed by atoms with Gasteiger partial charge in [-0.25, -0.2) is 9.18 Å². The summed E-state index contributed by atoms with van der Waals surface area (Å²) in [5.41, 5.74) is -0.205. The normalized spacial score (nSPS) is 25.9. The summed E-state index contributed by atoms with van der Waals surface area (Å²) in [6.45, 7) is 2.87. The molecule has 2 fully saturated rings. The van der Waals surface area contributed by atoms with Gasteiger partial charge in [0.1, 0.15) is 5.70 Å². The standard InChI is InChI=1S/C12H13FN2O5/c1-5(2)8(12(19)20)15-10(13)9(11(15)18)14-6(16)3-4-7(14)17/h9-10H,3-4H2,1-2H3,(H,19,20). The van der Waals surface area contributed by atoms with Crippen LogP contribution in [0.2, 0.25) is 0 Å². The van der Waals surface area contributed by atoms with E-state index >= 15 is 0 Å². The van der Waals surface area contributed by atoms with E-state index in [-0.39, 0.29) is 18.4 Å². The van der Waals surface area contributed by atoms with Crippen LogP contribution in [0.25, 0.3) is 0 Å². The molecule has 2 atom stereocenters. The molecule has 2 aliphatic rings. The fourth-order valence-electron chi connectivity index (χ4n) is 2.37. The first-order valence-corrected chi connectivity index (χ1v) is 6.00. The summed E-state index contributed by atoms with van der Waals surface area (Å²) < 4.78 is 14.1. The second-order valence-corrected chi connectivity index (χ2v) is 4.84. The molecule has 0 bridgehead atoms. The van der Waals surface area contributed by atoms with Crippen LogP contribution >= 0.6 is 0 Å². The molecule has 2 aliphatic heterocycles. The van der Waals surface area contributed by atoms with Crippen molar-refractivity contribution in [2.24, 2.45) is 0 Å². The number of halogens is 1. The number of aliphatic carboxylic acids is 1. The molecule has 7 nitrogen and oxygen atoms in total. The highest BCUT2D eigenvalue weighted by molar-refractivity contribution is 6.09. The number of carbonyl (C=O) groups is 4. The van der Waals surface area contributed by atoms with Crippen LogP contribution < -0.4 is 0 Å². The van der Waals surface area contributed by atoms with Crippen molar-refractivity contribution in [2.75, 3.05) is 0 Å². The third-order valence-corrected chi connectivity index (χ3v) is 3.28. The quantitative estimate of drug-likeness (QED) is 0.341. The number of rotatable bonds is 3. The first-order chi connectivity index (χ1) is 9.27. The number of β-lactam (4-membered cyclic amide) rings is 1. The van der Waals surface area contributed by atoms with Crippen molar-refractivity contribution in [3.05, 3.63) is 11.3 Å². The van der Waals surface area contributed by atoms with Crippen molar-refractivity contribution >= 4 is 23.7 Å². The lowest BCUT2D eigenvalue weighted by Gasteiger charge is -2.45. The molecule has 2 unspecified atom stereocenters. The summed E-state index contributed by atoms with van der Waals surface area (Å²) >= 11 is 0. The number of imide groups is 1. The van der Waals surface area contributed by atoms with Gasteiger partial charge in [-0.15, -0.1) is 0 Å². The maximum atomic E-state index is 14.1. The molecular formula is C12H13FN2O5. The largest absolute Gasteiger partial charge is 0.477 e. The number of carboxylic acid groups (broad SMARTS) is 1. The van der Waals surface area contributed by atoms with Gasteiger partial charge in [-0.05, 0) is 19.4 Å². The van der Waals surface area contributed by atoms with Gasteiger partial charge < -0.3 is 5.11 Å². The minimum Gasteiger partial charge on any atom is -0.477 e. The number of hydrogen-bond acceptors (Lipinski definition) is 4. The van der Waals surface area contributed by atoms with Gasteiger partial charge in [0, 0.05) is 12.8 Å². The van der Waals surface area contributed by atoms with E-state index in [0.29, 0.717) is 9.80 Å². The summed E-state index contributed by atoms with van der Waals surface area (Å²) in [4.78, 5) is 47.1. The van der Waals surface area contributed by atoms with Crippen molar-refractivity contribution in [3.63, 3.8) is 0 Å². The maximum absolute atomic E-state index is 14.1. The smallest absolute Gasteiger partial charge is 0.352 e. The highest BCUT2D eigenvalue weighted by Crippen LogP contribution is 2.34. The van der Waals surface area contributed by atoms with Crippen LogP contribution in [0.15, 0.2) is 11.3 Å². The minimum absolute atomic E-state index is 0.0518. The third-order valence-electron chi connectivity index (χ3n) is 3.28. The van der Waals surface area contributed by atoms with Crippen LogP contribution in [0, 0.1) is 0 Å². The Morgan fingerprint density at radius 1 is 1.20 bits per heavy atom. The zero-order valence-corrected chi connectivity index (χ0v) is 10.9. The molecule has 0 aromatic heterocycles. The average molecular weight is 284 g/mol. The van der Waals surface area contributed by atoms with Crippen LogP contribution in [-0.4, -0.2) is 50.9 Å². The maximum Gasteiger partial charge on any atom is 0.352 e. The van der Waals surface area contributed by atoms with Gasteiger partial charge in [-0.2, -0.15) is 0 Å².